The standard InChI is InChI=1S/C13H21N3O2/c1-4-9-18-11-7-6-8-14-13(11)15-10-12(17)16(3)5-2/h6-8H,4-5,9-10H2,1-3H3,(H,14,15). The average Bonchev–Trinajstić information content (AvgIpc) is 2.42. The number of ether oxygens (including phenoxy) is 1. The van der Waals surface area contributed by atoms with E-state index >= 15 is 0 Å². The van der Waals surface area contributed by atoms with Crippen LogP contribution in [0.1, 0.15) is 20.3 Å². The van der Waals surface area contributed by atoms with Gasteiger partial charge < -0.3 is 15.0 Å². The molecule has 0 spiro atoms. The molecule has 0 aromatic carbocycles. The number of hydrogen-bond acceptors (Lipinski definition) is 4. The molecular weight excluding hydrogens is 230 g/mol. The van der Waals surface area contributed by atoms with Crippen molar-refractivity contribution in [3.8, 4) is 5.75 Å². The summed E-state index contributed by atoms with van der Waals surface area (Å²) >= 11 is 0. The Hall–Kier alpha value is -1.78. The van der Waals surface area contributed by atoms with Gasteiger partial charge in [-0.25, -0.2) is 4.98 Å². The maximum absolute atomic E-state index is 11.7. The number of nitrogens with zero attached hydrogens (tertiary/aromatic N) is 2. The minimum absolute atomic E-state index is 0.0320. The average molecular weight is 251 g/mol. The van der Waals surface area contributed by atoms with E-state index in [4.69, 9.17) is 4.74 Å². The molecule has 0 saturated carbocycles. The number of anilines is 1. The second-order valence-corrected chi connectivity index (χ2v) is 3.96. The highest BCUT2D eigenvalue weighted by Gasteiger charge is 2.09. The second kappa shape index (κ2) is 7.53. The Labute approximate surface area is 108 Å². The van der Waals surface area contributed by atoms with E-state index < -0.39 is 0 Å². The van der Waals surface area contributed by atoms with Crippen molar-refractivity contribution in [1.29, 1.82) is 0 Å². The number of carbonyl (C=O) groups is 1. The molecule has 0 radical (unpaired) electrons. The number of nitrogens with one attached hydrogen (secondary N) is 1. The maximum Gasteiger partial charge on any atom is 0.241 e. The van der Waals surface area contributed by atoms with Crippen molar-refractivity contribution in [1.82, 2.24) is 9.88 Å². The van der Waals surface area contributed by atoms with Crippen molar-refractivity contribution in [2.75, 3.05) is 32.1 Å². The van der Waals surface area contributed by atoms with Gasteiger partial charge in [-0.3, -0.25) is 4.79 Å². The third-order valence-corrected chi connectivity index (χ3v) is 2.54. The van der Waals surface area contributed by atoms with Gasteiger partial charge in [0.15, 0.2) is 11.6 Å². The minimum atomic E-state index is 0.0320. The van der Waals surface area contributed by atoms with Crippen LogP contribution >= 0.6 is 0 Å². The Morgan fingerprint density at radius 2 is 2.28 bits per heavy atom. The quantitative estimate of drug-likeness (QED) is 0.802. The highest BCUT2D eigenvalue weighted by molar-refractivity contribution is 5.80. The lowest BCUT2D eigenvalue weighted by Gasteiger charge is -2.16. The fourth-order valence-electron chi connectivity index (χ4n) is 1.32. The predicted octanol–water partition coefficient (Wildman–Crippen LogP) is 1.76. The van der Waals surface area contributed by atoms with Crippen LogP contribution in [0.25, 0.3) is 0 Å². The number of hydrogen-bond donors (Lipinski definition) is 1. The first-order valence-electron chi connectivity index (χ1n) is 6.24. The Balaban J connectivity index is 2.58. The summed E-state index contributed by atoms with van der Waals surface area (Å²) in [5, 5.41) is 3.01. The first-order valence-corrected chi connectivity index (χ1v) is 6.24. The fraction of sp³-hybridized carbons (Fsp3) is 0.538. The van der Waals surface area contributed by atoms with Crippen molar-refractivity contribution >= 4 is 11.7 Å². The molecule has 5 nitrogen and oxygen atoms in total. The van der Waals surface area contributed by atoms with Crippen molar-refractivity contribution in [3.05, 3.63) is 18.3 Å². The van der Waals surface area contributed by atoms with E-state index in [-0.39, 0.29) is 12.5 Å². The van der Waals surface area contributed by atoms with Crippen LogP contribution in [0.5, 0.6) is 5.75 Å². The summed E-state index contributed by atoms with van der Waals surface area (Å²) < 4.78 is 5.56. The number of amides is 1. The van der Waals surface area contributed by atoms with Gasteiger partial charge in [0.05, 0.1) is 13.2 Å². The molecule has 0 aliphatic carbocycles. The molecule has 0 unspecified atom stereocenters. The highest BCUT2D eigenvalue weighted by atomic mass is 16.5. The number of likely N-dealkylation sites (N-methyl/N-ethyl adjacent to an activating group) is 1. The van der Waals surface area contributed by atoms with Gasteiger partial charge in [-0.2, -0.15) is 0 Å². The third kappa shape index (κ3) is 4.24. The fourth-order valence-corrected chi connectivity index (χ4v) is 1.32. The molecule has 1 aromatic rings. The number of pyridine rings is 1. The Kier molecular flexibility index (Phi) is 5.97. The van der Waals surface area contributed by atoms with Gasteiger partial charge in [-0.05, 0) is 25.5 Å². The van der Waals surface area contributed by atoms with Gasteiger partial charge in [0, 0.05) is 19.8 Å². The van der Waals surface area contributed by atoms with Gasteiger partial charge in [0.25, 0.3) is 0 Å². The molecule has 5 heteroatoms. The van der Waals surface area contributed by atoms with E-state index in [1.54, 1.807) is 18.1 Å². The van der Waals surface area contributed by atoms with Crippen molar-refractivity contribution in [3.63, 3.8) is 0 Å². The van der Waals surface area contributed by atoms with Crippen LogP contribution in [0, 0.1) is 0 Å². The highest BCUT2D eigenvalue weighted by Crippen LogP contribution is 2.20. The molecule has 0 aliphatic rings. The summed E-state index contributed by atoms with van der Waals surface area (Å²) in [5.41, 5.74) is 0. The molecule has 1 rings (SSSR count). The van der Waals surface area contributed by atoms with Gasteiger partial charge in [-0.15, -0.1) is 0 Å². The van der Waals surface area contributed by atoms with Crippen LogP contribution < -0.4 is 10.1 Å². The van der Waals surface area contributed by atoms with Crippen LogP contribution in [0.4, 0.5) is 5.82 Å². The molecule has 1 heterocycles. The monoisotopic (exact) mass is 251 g/mol. The summed E-state index contributed by atoms with van der Waals surface area (Å²) in [5.74, 6) is 1.33. The minimum Gasteiger partial charge on any atom is -0.490 e. The lowest BCUT2D eigenvalue weighted by molar-refractivity contribution is -0.127. The summed E-state index contributed by atoms with van der Waals surface area (Å²) in [6.45, 7) is 5.55. The van der Waals surface area contributed by atoms with Crippen LogP contribution in [0.3, 0.4) is 0 Å². The topological polar surface area (TPSA) is 54.5 Å². The number of carbonyl (C=O) groups excluding carboxylic acids is 1. The van der Waals surface area contributed by atoms with Crippen LogP contribution in [-0.2, 0) is 4.79 Å². The summed E-state index contributed by atoms with van der Waals surface area (Å²) in [6.07, 6.45) is 2.61. The molecule has 1 aromatic heterocycles. The zero-order chi connectivity index (χ0) is 13.4. The molecule has 1 amide bonds. The Bertz CT molecular complexity index is 382. The zero-order valence-electron chi connectivity index (χ0n) is 11.3. The third-order valence-electron chi connectivity index (χ3n) is 2.54. The zero-order valence-corrected chi connectivity index (χ0v) is 11.3. The summed E-state index contributed by atoms with van der Waals surface area (Å²) in [6, 6.07) is 3.66. The lowest BCUT2D eigenvalue weighted by Crippen LogP contribution is -2.32. The molecule has 1 N–H and O–H groups in total. The Morgan fingerprint density at radius 3 is 2.94 bits per heavy atom. The van der Waals surface area contributed by atoms with Crippen molar-refractivity contribution in [2.45, 2.75) is 20.3 Å². The van der Waals surface area contributed by atoms with Crippen LogP contribution in [-0.4, -0.2) is 42.5 Å². The predicted molar refractivity (Wildman–Crippen MR) is 71.8 cm³/mol. The van der Waals surface area contributed by atoms with E-state index in [1.165, 1.54) is 0 Å². The van der Waals surface area contributed by atoms with E-state index in [2.05, 4.69) is 10.3 Å². The van der Waals surface area contributed by atoms with E-state index in [9.17, 15) is 4.79 Å². The van der Waals surface area contributed by atoms with Crippen LogP contribution in [0.15, 0.2) is 18.3 Å². The van der Waals surface area contributed by atoms with Gasteiger partial charge in [-0.1, -0.05) is 6.92 Å². The second-order valence-electron chi connectivity index (χ2n) is 3.96. The van der Waals surface area contributed by atoms with Crippen LogP contribution in [0.2, 0.25) is 0 Å². The van der Waals surface area contributed by atoms with E-state index in [1.807, 2.05) is 26.0 Å². The SMILES string of the molecule is CCCOc1cccnc1NCC(=O)N(C)CC. The van der Waals surface area contributed by atoms with Gasteiger partial charge >= 0.3 is 0 Å². The van der Waals surface area contributed by atoms with Gasteiger partial charge in [0.1, 0.15) is 0 Å². The molecule has 0 atom stereocenters. The lowest BCUT2D eigenvalue weighted by atomic mass is 10.4. The van der Waals surface area contributed by atoms with E-state index in [0.717, 1.165) is 6.42 Å². The summed E-state index contributed by atoms with van der Waals surface area (Å²) in [4.78, 5) is 17.5. The van der Waals surface area contributed by atoms with Crippen molar-refractivity contribution < 1.29 is 9.53 Å². The first kappa shape index (κ1) is 14.3. The molecule has 100 valence electrons. The molecule has 0 saturated heterocycles. The maximum atomic E-state index is 11.7. The number of aromatic nitrogens is 1. The summed E-state index contributed by atoms with van der Waals surface area (Å²) in [7, 11) is 1.77. The smallest absolute Gasteiger partial charge is 0.241 e. The largest absolute Gasteiger partial charge is 0.490 e. The Morgan fingerprint density at radius 1 is 1.50 bits per heavy atom. The normalized spacial score (nSPS) is 9.94. The molecular formula is C13H21N3O2. The molecule has 0 bridgehead atoms. The van der Waals surface area contributed by atoms with Gasteiger partial charge in [0.2, 0.25) is 5.91 Å². The van der Waals surface area contributed by atoms with Crippen molar-refractivity contribution in [2.24, 2.45) is 0 Å². The first-order chi connectivity index (χ1) is 8.69. The van der Waals surface area contributed by atoms with E-state index in [0.29, 0.717) is 24.7 Å². The molecule has 18 heavy (non-hydrogen) atoms. The molecule has 0 aliphatic heterocycles. The molecule has 0 fully saturated rings. The number of rotatable bonds is 7.